The number of hydrazine groups is 1. The third kappa shape index (κ3) is 2.97. The number of nitrogens with one attached hydrogen (secondary N) is 1. The van der Waals surface area contributed by atoms with Gasteiger partial charge >= 0.3 is 0 Å². The molecule has 1 saturated heterocycles. The Morgan fingerprint density at radius 3 is 2.59 bits per heavy atom. The molecule has 4 heteroatoms. The minimum Gasteiger partial charge on any atom is -0.398 e. The number of piperidine rings is 1. The van der Waals surface area contributed by atoms with Crippen LogP contribution in [0.15, 0.2) is 18.2 Å². The number of hydrogen-bond acceptors (Lipinski definition) is 4. The Hall–Kier alpha value is -1.55. The summed E-state index contributed by atoms with van der Waals surface area (Å²) < 4.78 is 0. The van der Waals surface area contributed by atoms with Crippen LogP contribution >= 0.6 is 0 Å². The fourth-order valence-electron chi connectivity index (χ4n) is 2.14. The fourth-order valence-corrected chi connectivity index (χ4v) is 2.14. The molecular weight excluding hydrogens is 214 g/mol. The molecule has 0 radical (unpaired) electrons. The van der Waals surface area contributed by atoms with Crippen molar-refractivity contribution in [3.63, 3.8) is 0 Å². The summed E-state index contributed by atoms with van der Waals surface area (Å²) in [6.07, 6.45) is 3.77. The number of rotatable bonds is 3. The molecular formula is C13H19N3O. The molecule has 0 unspecified atom stereocenters. The Morgan fingerprint density at radius 2 is 2.00 bits per heavy atom. The quantitative estimate of drug-likeness (QED) is 0.621. The van der Waals surface area contributed by atoms with E-state index in [0.717, 1.165) is 18.8 Å². The first-order valence-electron chi connectivity index (χ1n) is 6.09. The molecule has 1 heterocycles. The molecule has 3 N–H and O–H groups in total. The highest BCUT2D eigenvalue weighted by atomic mass is 16.1. The fraction of sp³-hybridized carbons (Fsp3) is 0.462. The van der Waals surface area contributed by atoms with Gasteiger partial charge in [0.15, 0.2) is 5.78 Å². The largest absolute Gasteiger partial charge is 0.398 e. The summed E-state index contributed by atoms with van der Waals surface area (Å²) in [5.41, 5.74) is 11.3. The Kier molecular flexibility index (Phi) is 3.64. The standard InChI is InChI=1S/C13H19N3O/c1-10(17)12-6-5-11(9-13(12)14)15-16-7-3-2-4-8-16/h5-6,9,15H,2-4,7-8,14H2,1H3. The number of ketones is 1. The lowest BCUT2D eigenvalue weighted by Crippen LogP contribution is -2.34. The molecule has 2 rings (SSSR count). The molecule has 1 aromatic carbocycles. The van der Waals surface area contributed by atoms with Crippen LogP contribution in [0, 0.1) is 0 Å². The van der Waals surface area contributed by atoms with Crippen LogP contribution in [-0.4, -0.2) is 23.9 Å². The number of carbonyl (C=O) groups excluding carboxylic acids is 1. The van der Waals surface area contributed by atoms with Gasteiger partial charge in [-0.05, 0) is 38.0 Å². The number of Topliss-reactive ketones (excluding diaryl/α,β-unsaturated/α-hetero) is 1. The molecule has 0 aromatic heterocycles. The minimum absolute atomic E-state index is 0.00650. The topological polar surface area (TPSA) is 58.4 Å². The molecule has 17 heavy (non-hydrogen) atoms. The van der Waals surface area contributed by atoms with Gasteiger partial charge in [0.1, 0.15) is 0 Å². The highest BCUT2D eigenvalue weighted by Crippen LogP contribution is 2.20. The summed E-state index contributed by atoms with van der Waals surface area (Å²) in [5.74, 6) is 0.00650. The van der Waals surface area contributed by atoms with Gasteiger partial charge in [-0.1, -0.05) is 6.42 Å². The molecule has 0 amide bonds. The zero-order valence-corrected chi connectivity index (χ0v) is 10.2. The second-order valence-corrected chi connectivity index (χ2v) is 4.52. The molecule has 1 aliphatic heterocycles. The molecule has 0 bridgehead atoms. The van der Waals surface area contributed by atoms with E-state index in [1.165, 1.54) is 26.2 Å². The van der Waals surface area contributed by atoms with Crippen molar-refractivity contribution in [3.8, 4) is 0 Å². The second kappa shape index (κ2) is 5.19. The molecule has 4 nitrogen and oxygen atoms in total. The number of anilines is 2. The van der Waals surface area contributed by atoms with Crippen molar-refractivity contribution in [2.75, 3.05) is 24.2 Å². The van der Waals surface area contributed by atoms with E-state index >= 15 is 0 Å². The van der Waals surface area contributed by atoms with Crippen molar-refractivity contribution < 1.29 is 4.79 Å². The van der Waals surface area contributed by atoms with Crippen molar-refractivity contribution in [2.24, 2.45) is 0 Å². The van der Waals surface area contributed by atoms with E-state index in [1.54, 1.807) is 6.07 Å². The van der Waals surface area contributed by atoms with E-state index in [1.807, 2.05) is 12.1 Å². The molecule has 0 spiro atoms. The summed E-state index contributed by atoms with van der Waals surface area (Å²) in [6, 6.07) is 5.51. The van der Waals surface area contributed by atoms with Gasteiger partial charge in [0.05, 0.1) is 5.69 Å². The summed E-state index contributed by atoms with van der Waals surface area (Å²) in [4.78, 5) is 11.3. The highest BCUT2D eigenvalue weighted by Gasteiger charge is 2.11. The van der Waals surface area contributed by atoms with Crippen LogP contribution in [0.1, 0.15) is 36.5 Å². The Morgan fingerprint density at radius 1 is 1.29 bits per heavy atom. The summed E-state index contributed by atoms with van der Waals surface area (Å²) in [5, 5.41) is 2.20. The molecule has 1 fully saturated rings. The van der Waals surface area contributed by atoms with Gasteiger partial charge in [-0.2, -0.15) is 0 Å². The average Bonchev–Trinajstić information content (AvgIpc) is 2.30. The van der Waals surface area contributed by atoms with Crippen molar-refractivity contribution in [2.45, 2.75) is 26.2 Å². The monoisotopic (exact) mass is 233 g/mol. The maximum absolute atomic E-state index is 11.3. The third-order valence-electron chi connectivity index (χ3n) is 3.07. The maximum atomic E-state index is 11.3. The predicted molar refractivity (Wildman–Crippen MR) is 69.9 cm³/mol. The Labute approximate surface area is 102 Å². The lowest BCUT2D eigenvalue weighted by Gasteiger charge is -2.28. The smallest absolute Gasteiger partial charge is 0.161 e. The molecule has 0 saturated carbocycles. The number of carbonyl (C=O) groups is 1. The van der Waals surface area contributed by atoms with Crippen LogP contribution in [0.2, 0.25) is 0 Å². The third-order valence-corrected chi connectivity index (χ3v) is 3.07. The van der Waals surface area contributed by atoms with Gasteiger partial charge in [0, 0.05) is 24.3 Å². The lowest BCUT2D eigenvalue weighted by molar-refractivity contribution is 0.101. The van der Waals surface area contributed by atoms with Crippen LogP contribution in [0.4, 0.5) is 11.4 Å². The SMILES string of the molecule is CC(=O)c1ccc(NN2CCCCC2)cc1N. The van der Waals surface area contributed by atoms with E-state index in [-0.39, 0.29) is 5.78 Å². The average molecular weight is 233 g/mol. The van der Waals surface area contributed by atoms with E-state index < -0.39 is 0 Å². The summed E-state index contributed by atoms with van der Waals surface area (Å²) >= 11 is 0. The lowest BCUT2D eigenvalue weighted by atomic mass is 10.1. The van der Waals surface area contributed by atoms with Crippen LogP contribution in [0.3, 0.4) is 0 Å². The van der Waals surface area contributed by atoms with Crippen molar-refractivity contribution >= 4 is 17.2 Å². The number of hydrogen-bond donors (Lipinski definition) is 2. The first-order valence-corrected chi connectivity index (χ1v) is 6.09. The first kappa shape index (κ1) is 11.9. The number of benzene rings is 1. The van der Waals surface area contributed by atoms with E-state index in [9.17, 15) is 4.79 Å². The molecule has 0 atom stereocenters. The minimum atomic E-state index is 0.00650. The van der Waals surface area contributed by atoms with Crippen LogP contribution in [0.25, 0.3) is 0 Å². The Bertz CT molecular complexity index is 411. The van der Waals surface area contributed by atoms with Gasteiger partial charge in [-0.3, -0.25) is 4.79 Å². The van der Waals surface area contributed by atoms with Crippen molar-refractivity contribution in [3.05, 3.63) is 23.8 Å². The number of nitrogens with zero attached hydrogens (tertiary/aromatic N) is 1. The van der Waals surface area contributed by atoms with Crippen molar-refractivity contribution in [1.29, 1.82) is 0 Å². The van der Waals surface area contributed by atoms with Crippen molar-refractivity contribution in [1.82, 2.24) is 5.01 Å². The van der Waals surface area contributed by atoms with Gasteiger partial charge < -0.3 is 11.2 Å². The normalized spacial score (nSPS) is 16.8. The van der Waals surface area contributed by atoms with Gasteiger partial charge in [-0.25, -0.2) is 5.01 Å². The number of nitrogen functional groups attached to an aromatic ring is 1. The summed E-state index contributed by atoms with van der Waals surface area (Å²) in [6.45, 7) is 3.66. The van der Waals surface area contributed by atoms with Gasteiger partial charge in [0.25, 0.3) is 0 Å². The van der Waals surface area contributed by atoms with Gasteiger partial charge in [-0.15, -0.1) is 0 Å². The molecule has 92 valence electrons. The predicted octanol–water partition coefficient (Wildman–Crippen LogP) is 2.28. The van der Waals surface area contributed by atoms with E-state index in [2.05, 4.69) is 10.4 Å². The molecule has 1 aromatic rings. The maximum Gasteiger partial charge on any atom is 0.161 e. The van der Waals surface area contributed by atoms with Gasteiger partial charge in [0.2, 0.25) is 0 Å². The molecule has 1 aliphatic rings. The van der Waals surface area contributed by atoms with Crippen LogP contribution in [0.5, 0.6) is 0 Å². The summed E-state index contributed by atoms with van der Waals surface area (Å²) in [7, 11) is 0. The first-order chi connectivity index (χ1) is 8.16. The van der Waals surface area contributed by atoms with E-state index in [4.69, 9.17) is 5.73 Å². The van der Waals surface area contributed by atoms with Crippen LogP contribution < -0.4 is 11.2 Å². The van der Waals surface area contributed by atoms with E-state index in [0.29, 0.717) is 11.3 Å². The molecule has 0 aliphatic carbocycles. The Balaban J connectivity index is 2.06. The second-order valence-electron chi connectivity index (χ2n) is 4.52. The number of nitrogens with two attached hydrogens (primary N) is 1. The zero-order valence-electron chi connectivity index (χ0n) is 10.2. The van der Waals surface area contributed by atoms with Crippen LogP contribution in [-0.2, 0) is 0 Å². The highest BCUT2D eigenvalue weighted by molar-refractivity contribution is 5.99. The zero-order chi connectivity index (χ0) is 12.3.